The van der Waals surface area contributed by atoms with Gasteiger partial charge in [-0.25, -0.2) is 4.79 Å². The van der Waals surface area contributed by atoms with Crippen molar-refractivity contribution in [2.45, 2.75) is 26.4 Å². The lowest BCUT2D eigenvalue weighted by Crippen LogP contribution is -2.63. The Bertz CT molecular complexity index is 529. The molecule has 8 nitrogen and oxygen atoms in total. The van der Waals surface area contributed by atoms with E-state index < -0.39 is 11.6 Å². The molecule has 1 aromatic rings. The number of carbonyl (C=O) groups excluding carboxylic acids is 1. The van der Waals surface area contributed by atoms with Crippen molar-refractivity contribution in [3.63, 3.8) is 0 Å². The molecule has 1 aliphatic heterocycles. The van der Waals surface area contributed by atoms with Crippen molar-refractivity contribution in [1.82, 2.24) is 15.1 Å². The molecular weight excluding hydrogens is 276 g/mol. The van der Waals surface area contributed by atoms with Crippen molar-refractivity contribution in [2.24, 2.45) is 0 Å². The highest BCUT2D eigenvalue weighted by Crippen LogP contribution is 2.24. The Hall–Kier alpha value is -1.93. The van der Waals surface area contributed by atoms with Crippen molar-refractivity contribution < 1.29 is 19.4 Å². The number of hydrogen-bond donors (Lipinski definition) is 3. The third-order valence-electron chi connectivity index (χ3n) is 3.42. The number of nitrogens with zero attached hydrogens (tertiary/aromatic N) is 2. The Balaban J connectivity index is 1.77. The molecule has 116 valence electrons. The number of carbonyl (C=O) groups is 2. The molecule has 0 spiro atoms. The Kier molecular flexibility index (Phi) is 4.29. The molecule has 2 rings (SSSR count). The van der Waals surface area contributed by atoms with E-state index in [9.17, 15) is 9.59 Å². The van der Waals surface area contributed by atoms with E-state index in [1.54, 1.807) is 0 Å². The van der Waals surface area contributed by atoms with Crippen LogP contribution in [0.4, 0.5) is 5.69 Å². The van der Waals surface area contributed by atoms with Crippen LogP contribution in [0, 0.1) is 13.8 Å². The van der Waals surface area contributed by atoms with Crippen LogP contribution in [0.1, 0.15) is 18.3 Å². The predicted molar refractivity (Wildman–Crippen MR) is 75.1 cm³/mol. The van der Waals surface area contributed by atoms with Crippen molar-refractivity contribution in [3.8, 4) is 0 Å². The molecule has 3 N–H and O–H groups in total. The summed E-state index contributed by atoms with van der Waals surface area (Å²) >= 11 is 0. The number of H-pyrrole nitrogens is 1. The van der Waals surface area contributed by atoms with Gasteiger partial charge in [0.1, 0.15) is 6.61 Å². The van der Waals surface area contributed by atoms with Crippen molar-refractivity contribution in [3.05, 3.63) is 11.4 Å². The minimum atomic E-state index is -0.988. The van der Waals surface area contributed by atoms with Crippen LogP contribution in [0.25, 0.3) is 0 Å². The van der Waals surface area contributed by atoms with Gasteiger partial charge in [0.05, 0.1) is 29.2 Å². The SMILES string of the molecule is Cc1n[nH]c(C)c1NC(=O)CN1CC(C)(OCC(=O)O)C1. The van der Waals surface area contributed by atoms with Gasteiger partial charge in [-0.3, -0.25) is 14.8 Å². The van der Waals surface area contributed by atoms with Crippen molar-refractivity contribution >= 4 is 17.6 Å². The fourth-order valence-electron chi connectivity index (χ4n) is 2.46. The second-order valence-electron chi connectivity index (χ2n) is 5.63. The first kappa shape index (κ1) is 15.5. The first-order chi connectivity index (χ1) is 9.79. The number of nitrogens with one attached hydrogen (secondary N) is 2. The molecule has 1 fully saturated rings. The number of ether oxygens (including phenoxy) is 1. The molecule has 1 saturated heterocycles. The molecule has 0 aliphatic carbocycles. The van der Waals surface area contributed by atoms with Crippen LogP contribution < -0.4 is 5.32 Å². The first-order valence-corrected chi connectivity index (χ1v) is 6.68. The monoisotopic (exact) mass is 296 g/mol. The summed E-state index contributed by atoms with van der Waals surface area (Å²) in [6.07, 6.45) is 0. The average molecular weight is 296 g/mol. The van der Waals surface area contributed by atoms with E-state index in [0.717, 1.165) is 11.4 Å². The number of aromatic nitrogens is 2. The van der Waals surface area contributed by atoms with E-state index in [-0.39, 0.29) is 19.1 Å². The Labute approximate surface area is 122 Å². The lowest BCUT2D eigenvalue weighted by Gasteiger charge is -2.46. The van der Waals surface area contributed by atoms with Crippen LogP contribution in [0.3, 0.4) is 0 Å². The van der Waals surface area contributed by atoms with Crippen LogP contribution in [-0.4, -0.2) is 63.9 Å². The summed E-state index contributed by atoms with van der Waals surface area (Å²) < 4.78 is 5.29. The van der Waals surface area contributed by atoms with E-state index in [1.807, 2.05) is 25.7 Å². The lowest BCUT2D eigenvalue weighted by molar-refractivity contribution is -0.165. The van der Waals surface area contributed by atoms with Crippen molar-refractivity contribution in [1.29, 1.82) is 0 Å². The maximum Gasteiger partial charge on any atom is 0.329 e. The Morgan fingerprint density at radius 2 is 2.14 bits per heavy atom. The summed E-state index contributed by atoms with van der Waals surface area (Å²) in [6.45, 7) is 6.51. The standard InChI is InChI=1S/C13H20N4O4/c1-8-12(9(2)16-15-8)14-10(18)4-17-6-13(3,7-17)21-5-11(19)20/h4-7H2,1-3H3,(H,14,18)(H,15,16)(H,19,20). The molecule has 0 aromatic carbocycles. The fraction of sp³-hybridized carbons (Fsp3) is 0.615. The molecule has 0 saturated carbocycles. The maximum absolute atomic E-state index is 12.0. The molecule has 0 bridgehead atoms. The highest BCUT2D eigenvalue weighted by molar-refractivity contribution is 5.93. The van der Waals surface area contributed by atoms with Gasteiger partial charge in [0.25, 0.3) is 0 Å². The first-order valence-electron chi connectivity index (χ1n) is 6.68. The summed E-state index contributed by atoms with van der Waals surface area (Å²) in [7, 11) is 0. The molecular formula is C13H20N4O4. The summed E-state index contributed by atoms with van der Waals surface area (Å²) in [5.41, 5.74) is 1.80. The van der Waals surface area contributed by atoms with Gasteiger partial charge in [0.15, 0.2) is 0 Å². The molecule has 2 heterocycles. The van der Waals surface area contributed by atoms with Crippen LogP contribution in [0.15, 0.2) is 0 Å². The van der Waals surface area contributed by atoms with Gasteiger partial charge in [-0.2, -0.15) is 5.10 Å². The van der Waals surface area contributed by atoms with E-state index in [2.05, 4.69) is 15.5 Å². The number of carboxylic acids is 1. The average Bonchev–Trinajstić information content (AvgIpc) is 2.66. The molecule has 0 radical (unpaired) electrons. The summed E-state index contributed by atoms with van der Waals surface area (Å²) in [5.74, 6) is -1.11. The van der Waals surface area contributed by atoms with Crippen LogP contribution >= 0.6 is 0 Å². The lowest BCUT2D eigenvalue weighted by atomic mass is 9.96. The number of amides is 1. The second kappa shape index (κ2) is 5.82. The number of carboxylic acid groups (broad SMARTS) is 1. The molecule has 21 heavy (non-hydrogen) atoms. The zero-order chi connectivity index (χ0) is 15.6. The van der Waals surface area contributed by atoms with Gasteiger partial charge in [0, 0.05) is 13.1 Å². The minimum absolute atomic E-state index is 0.122. The molecule has 0 unspecified atom stereocenters. The van der Waals surface area contributed by atoms with E-state index >= 15 is 0 Å². The third-order valence-corrected chi connectivity index (χ3v) is 3.42. The summed E-state index contributed by atoms with van der Waals surface area (Å²) in [5, 5.41) is 18.2. The summed E-state index contributed by atoms with van der Waals surface area (Å²) in [6, 6.07) is 0. The number of aromatic amines is 1. The number of aliphatic carboxylic acids is 1. The fourth-order valence-corrected chi connectivity index (χ4v) is 2.46. The predicted octanol–water partition coefficient (Wildman–Crippen LogP) is 0.141. The normalized spacial score (nSPS) is 17.3. The number of aryl methyl sites for hydroxylation is 2. The summed E-state index contributed by atoms with van der Waals surface area (Å²) in [4.78, 5) is 24.3. The quantitative estimate of drug-likeness (QED) is 0.689. The second-order valence-corrected chi connectivity index (χ2v) is 5.63. The van der Waals surface area contributed by atoms with Crippen LogP contribution in [0.2, 0.25) is 0 Å². The van der Waals surface area contributed by atoms with Crippen LogP contribution in [-0.2, 0) is 14.3 Å². The zero-order valence-electron chi connectivity index (χ0n) is 12.4. The smallest absolute Gasteiger partial charge is 0.329 e. The van der Waals surface area contributed by atoms with Gasteiger partial charge < -0.3 is 15.2 Å². The number of rotatable bonds is 6. The Morgan fingerprint density at radius 1 is 1.48 bits per heavy atom. The molecule has 0 atom stereocenters. The van der Waals surface area contributed by atoms with Crippen LogP contribution in [0.5, 0.6) is 0 Å². The highest BCUT2D eigenvalue weighted by atomic mass is 16.5. The Morgan fingerprint density at radius 3 is 2.67 bits per heavy atom. The van der Waals surface area contributed by atoms with Gasteiger partial charge in [-0.15, -0.1) is 0 Å². The molecule has 1 amide bonds. The topological polar surface area (TPSA) is 108 Å². The largest absolute Gasteiger partial charge is 0.480 e. The molecule has 1 aromatic heterocycles. The molecule has 8 heteroatoms. The minimum Gasteiger partial charge on any atom is -0.480 e. The van der Waals surface area contributed by atoms with Crippen molar-refractivity contribution in [2.75, 3.05) is 31.6 Å². The van der Waals surface area contributed by atoms with E-state index in [0.29, 0.717) is 18.8 Å². The zero-order valence-corrected chi connectivity index (χ0v) is 12.4. The van der Waals surface area contributed by atoms with Gasteiger partial charge >= 0.3 is 5.97 Å². The number of likely N-dealkylation sites (tertiary alicyclic amines) is 1. The molecule has 1 aliphatic rings. The number of anilines is 1. The third kappa shape index (κ3) is 3.79. The van der Waals surface area contributed by atoms with E-state index in [1.165, 1.54) is 0 Å². The number of hydrogen-bond acceptors (Lipinski definition) is 5. The van der Waals surface area contributed by atoms with Gasteiger partial charge in [-0.05, 0) is 20.8 Å². The van der Waals surface area contributed by atoms with E-state index in [4.69, 9.17) is 9.84 Å². The van der Waals surface area contributed by atoms with Gasteiger partial charge in [0.2, 0.25) is 5.91 Å². The highest BCUT2D eigenvalue weighted by Gasteiger charge is 2.40. The van der Waals surface area contributed by atoms with Gasteiger partial charge in [-0.1, -0.05) is 0 Å². The maximum atomic E-state index is 12.0.